The molecule has 0 spiro atoms. The summed E-state index contributed by atoms with van der Waals surface area (Å²) in [5.74, 6) is 6.56. The van der Waals surface area contributed by atoms with Gasteiger partial charge in [0.15, 0.2) is 0 Å². The molecule has 0 saturated heterocycles. The lowest BCUT2D eigenvalue weighted by molar-refractivity contribution is 0.667. The molecule has 0 radical (unpaired) electrons. The molecule has 0 saturated carbocycles. The van der Waals surface area contributed by atoms with Crippen molar-refractivity contribution in [1.29, 1.82) is 0 Å². The largest absolute Gasteiger partial charge is 0.135 e. The zero-order valence-corrected chi connectivity index (χ0v) is 12.4. The molecular formula is C16H18S2. The van der Waals surface area contributed by atoms with Gasteiger partial charge in [-0.15, -0.1) is 22.7 Å². The van der Waals surface area contributed by atoms with Gasteiger partial charge in [0.05, 0.1) is 9.75 Å². The second kappa shape index (κ2) is 7.41. The SMILES string of the molecule is CCCCCCc1ccsc1C#Cc1cccs1. The van der Waals surface area contributed by atoms with Crippen molar-refractivity contribution in [2.75, 3.05) is 0 Å². The summed E-state index contributed by atoms with van der Waals surface area (Å²) in [4.78, 5) is 2.40. The minimum atomic E-state index is 1.15. The predicted octanol–water partition coefficient (Wildman–Crippen LogP) is 5.33. The predicted molar refractivity (Wildman–Crippen MR) is 82.5 cm³/mol. The number of thiophene rings is 2. The number of hydrogen-bond donors (Lipinski definition) is 0. The van der Waals surface area contributed by atoms with Gasteiger partial charge in [-0.25, -0.2) is 0 Å². The van der Waals surface area contributed by atoms with Crippen LogP contribution in [0, 0.1) is 11.8 Å². The molecule has 94 valence electrons. The van der Waals surface area contributed by atoms with Crippen molar-refractivity contribution in [3.63, 3.8) is 0 Å². The molecule has 0 aliphatic carbocycles. The molecule has 0 unspecified atom stereocenters. The third kappa shape index (κ3) is 4.01. The topological polar surface area (TPSA) is 0 Å². The number of aryl methyl sites for hydroxylation is 1. The maximum Gasteiger partial charge on any atom is 0.0804 e. The Morgan fingerprint density at radius 3 is 2.72 bits per heavy atom. The summed E-state index contributed by atoms with van der Waals surface area (Å²) < 4.78 is 0. The van der Waals surface area contributed by atoms with Crippen LogP contribution in [0.2, 0.25) is 0 Å². The van der Waals surface area contributed by atoms with Crippen molar-refractivity contribution in [3.05, 3.63) is 44.3 Å². The second-order valence-corrected chi connectivity index (χ2v) is 6.18. The van der Waals surface area contributed by atoms with Gasteiger partial charge in [0.25, 0.3) is 0 Å². The minimum absolute atomic E-state index is 1.15. The van der Waals surface area contributed by atoms with Gasteiger partial charge >= 0.3 is 0 Å². The number of unbranched alkanes of at least 4 members (excludes halogenated alkanes) is 3. The van der Waals surface area contributed by atoms with Crippen LogP contribution in [0.5, 0.6) is 0 Å². The van der Waals surface area contributed by atoms with E-state index in [1.54, 1.807) is 22.7 Å². The quantitative estimate of drug-likeness (QED) is 0.510. The van der Waals surface area contributed by atoms with Gasteiger partial charge in [0, 0.05) is 0 Å². The van der Waals surface area contributed by atoms with Gasteiger partial charge in [-0.3, -0.25) is 0 Å². The standard InChI is InChI=1S/C16H18S2/c1-2-3-4-5-7-14-11-13-18-16(14)10-9-15-8-6-12-17-15/h6,8,11-13H,2-5,7H2,1H3. The molecule has 0 nitrogen and oxygen atoms in total. The van der Waals surface area contributed by atoms with Gasteiger partial charge in [0.1, 0.15) is 0 Å². The fraction of sp³-hybridized carbons (Fsp3) is 0.375. The van der Waals surface area contributed by atoms with Crippen molar-refractivity contribution in [1.82, 2.24) is 0 Å². The van der Waals surface area contributed by atoms with Crippen LogP contribution < -0.4 is 0 Å². The van der Waals surface area contributed by atoms with Crippen LogP contribution in [0.1, 0.15) is 47.9 Å². The summed E-state index contributed by atoms with van der Waals surface area (Å²) in [6.07, 6.45) is 6.45. The maximum absolute atomic E-state index is 3.32. The molecule has 0 fully saturated rings. The average Bonchev–Trinajstić information content (AvgIpc) is 3.03. The molecule has 0 aliphatic rings. The second-order valence-electron chi connectivity index (χ2n) is 4.31. The first-order valence-corrected chi connectivity index (χ1v) is 8.28. The van der Waals surface area contributed by atoms with E-state index in [9.17, 15) is 0 Å². The molecule has 2 rings (SSSR count). The van der Waals surface area contributed by atoms with Crippen LogP contribution in [-0.4, -0.2) is 0 Å². The van der Waals surface area contributed by atoms with E-state index in [0.717, 1.165) is 4.88 Å². The Balaban J connectivity index is 1.95. The molecule has 0 bridgehead atoms. The Labute approximate surface area is 118 Å². The third-order valence-corrected chi connectivity index (χ3v) is 4.52. The van der Waals surface area contributed by atoms with Crippen LogP contribution in [0.25, 0.3) is 0 Å². The van der Waals surface area contributed by atoms with Crippen LogP contribution in [-0.2, 0) is 6.42 Å². The van der Waals surface area contributed by atoms with Gasteiger partial charge in [-0.05, 0) is 53.1 Å². The Bertz CT molecular complexity index is 509. The highest BCUT2D eigenvalue weighted by Crippen LogP contribution is 2.19. The molecule has 0 aromatic carbocycles. The molecule has 0 N–H and O–H groups in total. The van der Waals surface area contributed by atoms with E-state index >= 15 is 0 Å². The molecule has 0 atom stereocenters. The summed E-state index contributed by atoms with van der Waals surface area (Å²) in [6, 6.07) is 6.36. The molecule has 2 heterocycles. The normalized spacial score (nSPS) is 10.1. The maximum atomic E-state index is 3.32. The van der Waals surface area contributed by atoms with Gasteiger partial charge in [-0.2, -0.15) is 0 Å². The lowest BCUT2D eigenvalue weighted by atomic mass is 10.1. The minimum Gasteiger partial charge on any atom is -0.135 e. The van der Waals surface area contributed by atoms with Crippen LogP contribution in [0.3, 0.4) is 0 Å². The lowest BCUT2D eigenvalue weighted by Gasteiger charge is -1.98. The molecular weight excluding hydrogens is 256 g/mol. The van der Waals surface area contributed by atoms with Crippen LogP contribution >= 0.6 is 22.7 Å². The van der Waals surface area contributed by atoms with E-state index in [0.29, 0.717) is 0 Å². The fourth-order valence-electron chi connectivity index (χ4n) is 1.85. The Morgan fingerprint density at radius 1 is 1.00 bits per heavy atom. The van der Waals surface area contributed by atoms with Gasteiger partial charge in [-0.1, -0.05) is 32.3 Å². The lowest BCUT2D eigenvalue weighted by Crippen LogP contribution is -1.85. The first-order valence-electron chi connectivity index (χ1n) is 6.52. The smallest absolute Gasteiger partial charge is 0.0804 e. The molecule has 0 amide bonds. The summed E-state index contributed by atoms with van der Waals surface area (Å²) in [6.45, 7) is 2.25. The summed E-state index contributed by atoms with van der Waals surface area (Å²) >= 11 is 3.47. The fourth-order valence-corrected chi connectivity index (χ4v) is 3.22. The molecule has 2 heteroatoms. The van der Waals surface area contributed by atoms with Crippen molar-refractivity contribution in [2.24, 2.45) is 0 Å². The zero-order valence-electron chi connectivity index (χ0n) is 10.7. The van der Waals surface area contributed by atoms with E-state index in [2.05, 4.69) is 47.7 Å². The average molecular weight is 274 g/mol. The number of hydrogen-bond acceptors (Lipinski definition) is 2. The first kappa shape index (κ1) is 13.4. The van der Waals surface area contributed by atoms with Gasteiger partial charge < -0.3 is 0 Å². The van der Waals surface area contributed by atoms with Crippen molar-refractivity contribution >= 4 is 22.7 Å². The molecule has 2 aromatic heterocycles. The highest BCUT2D eigenvalue weighted by Gasteiger charge is 2.01. The van der Waals surface area contributed by atoms with Crippen molar-refractivity contribution in [3.8, 4) is 11.8 Å². The van der Waals surface area contributed by atoms with Crippen molar-refractivity contribution < 1.29 is 0 Å². The monoisotopic (exact) mass is 274 g/mol. The Hall–Kier alpha value is -1.04. The van der Waals surface area contributed by atoms with E-state index < -0.39 is 0 Å². The van der Waals surface area contributed by atoms with E-state index in [1.807, 2.05) is 0 Å². The Morgan fingerprint density at radius 2 is 1.94 bits per heavy atom. The van der Waals surface area contributed by atoms with Crippen LogP contribution in [0.4, 0.5) is 0 Å². The molecule has 18 heavy (non-hydrogen) atoms. The number of rotatable bonds is 5. The van der Waals surface area contributed by atoms with Crippen molar-refractivity contribution in [2.45, 2.75) is 39.0 Å². The summed E-state index contributed by atoms with van der Waals surface area (Å²) in [5.41, 5.74) is 1.43. The molecule has 0 aliphatic heterocycles. The third-order valence-electron chi connectivity index (χ3n) is 2.87. The zero-order chi connectivity index (χ0) is 12.6. The summed E-state index contributed by atoms with van der Waals surface area (Å²) in [5, 5.41) is 4.23. The highest BCUT2D eigenvalue weighted by molar-refractivity contribution is 7.11. The van der Waals surface area contributed by atoms with E-state index in [-0.39, 0.29) is 0 Å². The van der Waals surface area contributed by atoms with E-state index in [4.69, 9.17) is 0 Å². The van der Waals surface area contributed by atoms with E-state index in [1.165, 1.54) is 42.5 Å². The first-order chi connectivity index (χ1) is 8.90. The van der Waals surface area contributed by atoms with Gasteiger partial charge in [0.2, 0.25) is 0 Å². The highest BCUT2D eigenvalue weighted by atomic mass is 32.1. The van der Waals surface area contributed by atoms with Crippen LogP contribution in [0.15, 0.2) is 29.0 Å². The summed E-state index contributed by atoms with van der Waals surface area (Å²) in [7, 11) is 0. The molecule has 2 aromatic rings. The Kier molecular flexibility index (Phi) is 5.51.